The van der Waals surface area contributed by atoms with Gasteiger partial charge in [0.1, 0.15) is 0 Å². The molecule has 0 bridgehead atoms. The first-order valence-electron chi connectivity index (χ1n) is 5.45. The van der Waals surface area contributed by atoms with E-state index < -0.39 is 6.04 Å². The molecule has 17 heavy (non-hydrogen) atoms. The molecule has 0 aliphatic heterocycles. The molecule has 0 aliphatic carbocycles. The zero-order valence-electron chi connectivity index (χ0n) is 9.81. The van der Waals surface area contributed by atoms with Crippen molar-refractivity contribution in [2.75, 3.05) is 13.2 Å². The molecule has 0 amide bonds. The third kappa shape index (κ3) is 3.09. The number of rotatable bonds is 5. The van der Waals surface area contributed by atoms with E-state index in [1.807, 2.05) is 13.0 Å². The second-order valence-corrected chi connectivity index (χ2v) is 3.64. The lowest BCUT2D eigenvalue weighted by Gasteiger charge is -2.16. The Labute approximate surface area is 101 Å². The molecule has 0 aromatic heterocycles. The predicted molar refractivity (Wildman–Crippen MR) is 64.6 cm³/mol. The summed E-state index contributed by atoms with van der Waals surface area (Å²) in [6.07, 6.45) is 0.241. The van der Waals surface area contributed by atoms with Gasteiger partial charge in [-0.3, -0.25) is 0 Å². The van der Waals surface area contributed by atoms with Gasteiger partial charge in [-0.1, -0.05) is 0 Å². The van der Waals surface area contributed by atoms with Crippen LogP contribution in [0.2, 0.25) is 0 Å². The van der Waals surface area contributed by atoms with Crippen molar-refractivity contribution >= 4 is 0 Å². The van der Waals surface area contributed by atoms with Crippen LogP contribution in [0.3, 0.4) is 0 Å². The van der Waals surface area contributed by atoms with Crippen LogP contribution in [0.15, 0.2) is 12.1 Å². The van der Waals surface area contributed by atoms with Gasteiger partial charge in [-0.05, 0) is 24.6 Å². The van der Waals surface area contributed by atoms with Gasteiger partial charge in [0.15, 0.2) is 11.5 Å². The standard InChI is InChI=1S/C12H17N3O2/c1-2-17-11-6-8(3-4-13)5-9(12(11)16)10(15)7-14/h5-6,10,16H,2-3,7,14-15H2,1H3/t10-/m1/s1. The number of aromatic hydroxyl groups is 1. The maximum atomic E-state index is 9.97. The molecule has 0 saturated heterocycles. The van der Waals surface area contributed by atoms with Crippen LogP contribution >= 0.6 is 0 Å². The summed E-state index contributed by atoms with van der Waals surface area (Å²) < 4.78 is 5.30. The van der Waals surface area contributed by atoms with Crippen LogP contribution in [0.4, 0.5) is 0 Å². The lowest BCUT2D eigenvalue weighted by Crippen LogP contribution is -2.21. The molecule has 0 heterocycles. The lowest BCUT2D eigenvalue weighted by atomic mass is 10.0. The third-order valence-corrected chi connectivity index (χ3v) is 2.40. The first kappa shape index (κ1) is 13.3. The average Bonchev–Trinajstić information content (AvgIpc) is 2.32. The highest BCUT2D eigenvalue weighted by molar-refractivity contribution is 5.50. The van der Waals surface area contributed by atoms with E-state index in [-0.39, 0.29) is 18.7 Å². The number of phenolic OH excluding ortho intramolecular Hbond substituents is 1. The largest absolute Gasteiger partial charge is 0.504 e. The normalized spacial score (nSPS) is 11.9. The maximum absolute atomic E-state index is 9.97. The zero-order chi connectivity index (χ0) is 12.8. The molecule has 0 saturated carbocycles. The minimum absolute atomic E-state index is 0.00601. The summed E-state index contributed by atoms with van der Waals surface area (Å²) in [6.45, 7) is 2.47. The molecule has 1 aromatic carbocycles. The van der Waals surface area contributed by atoms with Crippen LogP contribution in [0.1, 0.15) is 24.1 Å². The number of hydrogen-bond acceptors (Lipinski definition) is 5. The average molecular weight is 235 g/mol. The summed E-state index contributed by atoms with van der Waals surface area (Å²) in [7, 11) is 0. The minimum atomic E-state index is -0.465. The van der Waals surface area contributed by atoms with E-state index in [1.165, 1.54) is 0 Å². The molecule has 0 spiro atoms. The molecule has 0 fully saturated rings. The van der Waals surface area contributed by atoms with Crippen molar-refractivity contribution < 1.29 is 9.84 Å². The zero-order valence-corrected chi connectivity index (χ0v) is 9.81. The van der Waals surface area contributed by atoms with Crippen molar-refractivity contribution in [1.82, 2.24) is 0 Å². The smallest absolute Gasteiger partial charge is 0.162 e. The second-order valence-electron chi connectivity index (χ2n) is 3.64. The van der Waals surface area contributed by atoms with Gasteiger partial charge in [0.2, 0.25) is 0 Å². The van der Waals surface area contributed by atoms with Gasteiger partial charge >= 0.3 is 0 Å². The van der Waals surface area contributed by atoms with Gasteiger partial charge in [0.05, 0.1) is 19.1 Å². The fourth-order valence-electron chi connectivity index (χ4n) is 1.56. The Balaban J connectivity index is 3.22. The Morgan fingerprint density at radius 1 is 1.53 bits per heavy atom. The lowest BCUT2D eigenvalue weighted by molar-refractivity contribution is 0.315. The maximum Gasteiger partial charge on any atom is 0.162 e. The fourth-order valence-corrected chi connectivity index (χ4v) is 1.56. The summed E-state index contributed by atoms with van der Waals surface area (Å²) in [4.78, 5) is 0. The van der Waals surface area contributed by atoms with Gasteiger partial charge in [0, 0.05) is 18.2 Å². The van der Waals surface area contributed by atoms with E-state index in [0.29, 0.717) is 17.9 Å². The van der Waals surface area contributed by atoms with Gasteiger partial charge < -0.3 is 21.3 Å². The van der Waals surface area contributed by atoms with E-state index >= 15 is 0 Å². The van der Waals surface area contributed by atoms with Gasteiger partial charge in [-0.2, -0.15) is 5.26 Å². The SMILES string of the molecule is CCOc1cc(CC#N)cc([C@H](N)CN)c1O. The number of ether oxygens (including phenoxy) is 1. The molecule has 92 valence electrons. The molecule has 5 N–H and O–H groups in total. The summed E-state index contributed by atoms with van der Waals surface area (Å²) in [5.41, 5.74) is 12.6. The van der Waals surface area contributed by atoms with Crippen LogP contribution in [-0.2, 0) is 6.42 Å². The number of nitrogens with zero attached hydrogens (tertiary/aromatic N) is 1. The molecule has 1 rings (SSSR count). The van der Waals surface area contributed by atoms with Crippen LogP contribution in [0.25, 0.3) is 0 Å². The highest BCUT2D eigenvalue weighted by atomic mass is 16.5. The quantitative estimate of drug-likeness (QED) is 0.700. The molecular weight excluding hydrogens is 218 g/mol. The molecule has 5 nitrogen and oxygen atoms in total. The first-order valence-corrected chi connectivity index (χ1v) is 5.45. The van der Waals surface area contributed by atoms with Gasteiger partial charge in [0.25, 0.3) is 0 Å². The Morgan fingerprint density at radius 2 is 2.24 bits per heavy atom. The van der Waals surface area contributed by atoms with E-state index in [1.54, 1.807) is 12.1 Å². The Kier molecular flexibility index (Phi) is 4.76. The predicted octanol–water partition coefficient (Wildman–Crippen LogP) is 0.815. The van der Waals surface area contributed by atoms with Gasteiger partial charge in [-0.25, -0.2) is 0 Å². The topological polar surface area (TPSA) is 105 Å². The van der Waals surface area contributed by atoms with Crippen molar-refractivity contribution in [2.24, 2.45) is 11.5 Å². The Bertz CT molecular complexity index is 426. The highest BCUT2D eigenvalue weighted by Gasteiger charge is 2.15. The summed E-state index contributed by atoms with van der Waals surface area (Å²) in [5.74, 6) is 0.352. The molecule has 1 atom stereocenters. The van der Waals surface area contributed by atoms with E-state index in [0.717, 1.165) is 5.56 Å². The van der Waals surface area contributed by atoms with Crippen molar-refractivity contribution in [1.29, 1.82) is 5.26 Å². The number of hydrogen-bond donors (Lipinski definition) is 3. The van der Waals surface area contributed by atoms with E-state index in [2.05, 4.69) is 0 Å². The first-order chi connectivity index (χ1) is 8.13. The number of benzene rings is 1. The van der Waals surface area contributed by atoms with Gasteiger partial charge in [-0.15, -0.1) is 0 Å². The van der Waals surface area contributed by atoms with Crippen molar-refractivity contribution in [2.45, 2.75) is 19.4 Å². The molecule has 1 aromatic rings. The summed E-state index contributed by atoms with van der Waals surface area (Å²) in [6, 6.07) is 4.92. The van der Waals surface area contributed by atoms with Crippen molar-refractivity contribution in [3.05, 3.63) is 23.3 Å². The molecule has 0 radical (unpaired) electrons. The molecule has 0 aliphatic rings. The highest BCUT2D eigenvalue weighted by Crippen LogP contribution is 2.34. The fraction of sp³-hybridized carbons (Fsp3) is 0.417. The summed E-state index contributed by atoms with van der Waals surface area (Å²) >= 11 is 0. The Hall–Kier alpha value is -1.77. The van der Waals surface area contributed by atoms with Crippen LogP contribution < -0.4 is 16.2 Å². The number of nitrogens with two attached hydrogens (primary N) is 2. The number of phenols is 1. The molecule has 5 heteroatoms. The monoisotopic (exact) mass is 235 g/mol. The van der Waals surface area contributed by atoms with Crippen LogP contribution in [0.5, 0.6) is 11.5 Å². The van der Waals surface area contributed by atoms with Crippen LogP contribution in [-0.4, -0.2) is 18.3 Å². The number of nitriles is 1. The van der Waals surface area contributed by atoms with Crippen molar-refractivity contribution in [3.63, 3.8) is 0 Å². The molecular formula is C12H17N3O2. The second kappa shape index (κ2) is 6.09. The third-order valence-electron chi connectivity index (χ3n) is 2.40. The van der Waals surface area contributed by atoms with E-state index in [9.17, 15) is 5.11 Å². The van der Waals surface area contributed by atoms with Crippen LogP contribution in [0, 0.1) is 11.3 Å². The van der Waals surface area contributed by atoms with E-state index in [4.69, 9.17) is 21.5 Å². The summed E-state index contributed by atoms with van der Waals surface area (Å²) in [5, 5.41) is 18.7. The Morgan fingerprint density at radius 3 is 2.76 bits per heavy atom. The van der Waals surface area contributed by atoms with Crippen molar-refractivity contribution in [3.8, 4) is 17.6 Å². The molecule has 0 unspecified atom stereocenters. The minimum Gasteiger partial charge on any atom is -0.504 e.